The summed E-state index contributed by atoms with van der Waals surface area (Å²) in [5.74, 6) is -5.11. The summed E-state index contributed by atoms with van der Waals surface area (Å²) in [7, 11) is 0. The SMILES string of the molecule is CC(=O)NC[C@H]1CN(c2ccc(N3CCN(C(=O)COCCOCCn4cc(CNC(=O)C(CCCCNC(=O)c5cccc(O)c5O)NC(=O)c5cccc(O)c5O)nn4)CC3)c(F)c2)C(=O)O1. The number of aromatic hydroxyl groups is 4. The minimum Gasteiger partial charge on any atom is -0.504 e. The van der Waals surface area contributed by atoms with Gasteiger partial charge in [0.15, 0.2) is 23.0 Å². The highest BCUT2D eigenvalue weighted by molar-refractivity contribution is 6.00. The molecule has 2 aliphatic heterocycles. The first-order valence-corrected chi connectivity index (χ1v) is 22.2. The lowest BCUT2D eigenvalue weighted by molar-refractivity contribution is -0.137. The van der Waals surface area contributed by atoms with Crippen LogP contribution in [-0.4, -0.2) is 160 Å². The summed E-state index contributed by atoms with van der Waals surface area (Å²) in [5.41, 5.74) is 0.742. The topological polar surface area (TPSA) is 300 Å². The number of nitrogens with zero attached hydrogens (tertiary/aromatic N) is 6. The highest BCUT2D eigenvalue weighted by Crippen LogP contribution is 2.30. The van der Waals surface area contributed by atoms with Crippen molar-refractivity contribution in [2.24, 2.45) is 0 Å². The molecule has 0 saturated carbocycles. The van der Waals surface area contributed by atoms with E-state index in [9.17, 15) is 49.2 Å². The van der Waals surface area contributed by atoms with E-state index in [1.165, 1.54) is 59.0 Å². The molecule has 24 heteroatoms. The number of benzene rings is 3. The first kappa shape index (κ1) is 50.7. The number of para-hydroxylation sites is 2. The summed E-state index contributed by atoms with van der Waals surface area (Å²) in [6.45, 7) is 4.03. The van der Waals surface area contributed by atoms with Gasteiger partial charge >= 0.3 is 6.09 Å². The summed E-state index contributed by atoms with van der Waals surface area (Å²) in [6, 6.07) is 11.3. The number of piperazine rings is 1. The van der Waals surface area contributed by atoms with Crippen LogP contribution in [0.3, 0.4) is 0 Å². The molecule has 23 nitrogen and oxygen atoms in total. The second kappa shape index (κ2) is 24.3. The molecule has 6 rings (SSSR count). The van der Waals surface area contributed by atoms with Gasteiger partial charge in [0.05, 0.1) is 74.7 Å². The molecule has 0 aliphatic carbocycles. The number of carbonyl (C=O) groups excluding carboxylic acids is 6. The third kappa shape index (κ3) is 14.1. The molecule has 1 aromatic heterocycles. The molecule has 69 heavy (non-hydrogen) atoms. The van der Waals surface area contributed by atoms with E-state index < -0.39 is 64.8 Å². The molecule has 1 unspecified atom stereocenters. The van der Waals surface area contributed by atoms with Gasteiger partial charge in [-0.1, -0.05) is 17.3 Å². The van der Waals surface area contributed by atoms with Gasteiger partial charge in [0.2, 0.25) is 17.7 Å². The summed E-state index contributed by atoms with van der Waals surface area (Å²) in [4.78, 5) is 80.1. The van der Waals surface area contributed by atoms with Crippen LogP contribution >= 0.6 is 0 Å². The summed E-state index contributed by atoms with van der Waals surface area (Å²) < 4.78 is 33.2. The molecule has 3 heterocycles. The molecule has 0 spiro atoms. The maximum Gasteiger partial charge on any atom is 0.414 e. The number of cyclic esters (lactones) is 1. The first-order valence-electron chi connectivity index (χ1n) is 22.2. The molecule has 4 aromatic rings. The van der Waals surface area contributed by atoms with Crippen LogP contribution in [0, 0.1) is 5.82 Å². The smallest absolute Gasteiger partial charge is 0.414 e. The Morgan fingerprint density at radius 3 is 2.25 bits per heavy atom. The normalized spacial score (nSPS) is 15.1. The predicted octanol–water partition coefficient (Wildman–Crippen LogP) is 1.10. The van der Waals surface area contributed by atoms with Gasteiger partial charge in [-0.3, -0.25) is 28.9 Å². The maximum atomic E-state index is 15.2. The fourth-order valence-electron chi connectivity index (χ4n) is 7.38. The molecule has 6 amide bonds. The van der Waals surface area contributed by atoms with Crippen molar-refractivity contribution in [2.45, 2.75) is 51.4 Å². The molecule has 2 saturated heterocycles. The Morgan fingerprint density at radius 2 is 1.55 bits per heavy atom. The lowest BCUT2D eigenvalue weighted by atomic mass is 10.1. The third-order valence-electron chi connectivity index (χ3n) is 11.1. The highest BCUT2D eigenvalue weighted by atomic mass is 19.1. The second-order valence-electron chi connectivity index (χ2n) is 16.0. The van der Waals surface area contributed by atoms with E-state index in [2.05, 4.69) is 31.6 Å². The van der Waals surface area contributed by atoms with Crippen LogP contribution in [0.2, 0.25) is 0 Å². The monoisotopic (exact) mass is 962 g/mol. The molecule has 8 N–H and O–H groups in total. The number of unbranched alkanes of at least 4 members (excludes halogenated alkanes) is 1. The Bertz CT molecular complexity index is 2470. The van der Waals surface area contributed by atoms with Crippen molar-refractivity contribution in [3.8, 4) is 23.0 Å². The summed E-state index contributed by atoms with van der Waals surface area (Å²) in [6.07, 6.45) is 1.27. The van der Waals surface area contributed by atoms with E-state index in [-0.39, 0.29) is 82.0 Å². The van der Waals surface area contributed by atoms with E-state index in [0.717, 1.165) is 0 Å². The molecule has 3 aromatic carbocycles. The Labute approximate surface area is 395 Å². The number of phenols is 4. The minimum absolute atomic E-state index is 0.0454. The summed E-state index contributed by atoms with van der Waals surface area (Å²) >= 11 is 0. The van der Waals surface area contributed by atoms with Crippen LogP contribution in [0.4, 0.5) is 20.6 Å². The van der Waals surface area contributed by atoms with Crippen LogP contribution < -0.4 is 31.1 Å². The lowest BCUT2D eigenvalue weighted by Gasteiger charge is -2.36. The molecule has 2 aliphatic rings. The van der Waals surface area contributed by atoms with Crippen molar-refractivity contribution in [3.63, 3.8) is 0 Å². The van der Waals surface area contributed by atoms with E-state index in [4.69, 9.17) is 14.2 Å². The molecular formula is C45H55FN10O13. The number of anilines is 2. The first-order chi connectivity index (χ1) is 33.2. The van der Waals surface area contributed by atoms with Crippen LogP contribution in [0.15, 0.2) is 60.8 Å². The zero-order valence-corrected chi connectivity index (χ0v) is 37.8. The van der Waals surface area contributed by atoms with Crippen LogP contribution in [0.25, 0.3) is 0 Å². The Kier molecular flexibility index (Phi) is 17.9. The molecule has 2 atom stereocenters. The number of amides is 6. The predicted molar refractivity (Wildman–Crippen MR) is 242 cm³/mol. The van der Waals surface area contributed by atoms with Crippen molar-refractivity contribution in [1.82, 2.24) is 41.2 Å². The average molecular weight is 963 g/mol. The third-order valence-corrected chi connectivity index (χ3v) is 11.1. The molecule has 0 radical (unpaired) electrons. The van der Waals surface area contributed by atoms with Gasteiger partial charge in [0.25, 0.3) is 11.8 Å². The number of rotatable bonds is 23. The van der Waals surface area contributed by atoms with Gasteiger partial charge in [-0.15, -0.1) is 5.10 Å². The van der Waals surface area contributed by atoms with Crippen molar-refractivity contribution < 1.29 is 67.8 Å². The maximum absolute atomic E-state index is 15.2. The van der Waals surface area contributed by atoms with E-state index in [1.807, 2.05) is 4.90 Å². The minimum atomic E-state index is -1.09. The number of aromatic nitrogens is 3. The van der Waals surface area contributed by atoms with Crippen molar-refractivity contribution in [3.05, 3.63) is 83.4 Å². The standard InChI is InChI=1S/C45H55FN10O13/c1-28(57)48-24-31-26-56(45(66)69-31)30-11-12-36(34(46)22-30)53-14-16-54(17-15-53)39(60)27-68-21-20-67-19-18-55-25-29(51-52-55)23-49-44(65)35(50-43(64)33-7-5-10-38(59)41(33)62)8-2-3-13-47-42(63)32-6-4-9-37(58)40(32)61/h4-7,9-12,22,25,31,35,58-59,61-62H,2-3,8,13-21,23-24,26-27H2,1H3,(H,47,63)(H,48,57)(H,49,65)(H,50,64)/t31-,35?/m0/s1. The van der Waals surface area contributed by atoms with Crippen LogP contribution in [0.1, 0.15) is 52.6 Å². The number of halogens is 1. The van der Waals surface area contributed by atoms with Crippen LogP contribution in [0.5, 0.6) is 23.0 Å². The zero-order valence-electron chi connectivity index (χ0n) is 37.8. The van der Waals surface area contributed by atoms with Gasteiger partial charge in [-0.05, 0) is 61.7 Å². The number of hydrogen-bond donors (Lipinski definition) is 8. The number of phenolic OH excluding ortho intramolecular Hbond substituents is 4. The second-order valence-corrected chi connectivity index (χ2v) is 16.0. The van der Waals surface area contributed by atoms with Gasteiger partial charge < -0.3 is 65.7 Å². The largest absolute Gasteiger partial charge is 0.504 e. The number of nitrogens with one attached hydrogen (secondary N) is 4. The van der Waals surface area contributed by atoms with Gasteiger partial charge in [0, 0.05) is 39.6 Å². The molecule has 2 fully saturated rings. The number of ether oxygens (including phenoxy) is 3. The number of carbonyl (C=O) groups is 6. The van der Waals surface area contributed by atoms with E-state index in [0.29, 0.717) is 62.6 Å². The fraction of sp³-hybridized carbons (Fsp3) is 0.422. The molecule has 370 valence electrons. The van der Waals surface area contributed by atoms with Crippen molar-refractivity contribution in [2.75, 3.05) is 82.0 Å². The highest BCUT2D eigenvalue weighted by Gasteiger charge is 2.33. The Morgan fingerprint density at radius 1 is 0.855 bits per heavy atom. The van der Waals surface area contributed by atoms with E-state index in [1.54, 1.807) is 23.2 Å². The van der Waals surface area contributed by atoms with Gasteiger partial charge in [-0.25, -0.2) is 13.9 Å². The Balaban J connectivity index is 0.862. The van der Waals surface area contributed by atoms with Gasteiger partial charge in [-0.2, -0.15) is 0 Å². The quantitative estimate of drug-likeness (QED) is 0.0381. The number of hydrogen-bond acceptors (Lipinski definition) is 16. The lowest BCUT2D eigenvalue weighted by Crippen LogP contribution is -2.50. The zero-order chi connectivity index (χ0) is 49.5. The van der Waals surface area contributed by atoms with Crippen molar-refractivity contribution >= 4 is 47.0 Å². The average Bonchev–Trinajstić information content (AvgIpc) is 3.96. The fourth-order valence-corrected chi connectivity index (χ4v) is 7.38. The molecular weight excluding hydrogens is 908 g/mol. The van der Waals surface area contributed by atoms with Crippen LogP contribution in [-0.2, 0) is 41.7 Å². The van der Waals surface area contributed by atoms with E-state index >= 15 is 4.39 Å². The van der Waals surface area contributed by atoms with Crippen molar-refractivity contribution in [1.29, 1.82) is 0 Å². The van der Waals surface area contributed by atoms with Gasteiger partial charge in [0.1, 0.15) is 30.3 Å². The Hall–Kier alpha value is -7.73. The summed E-state index contributed by atoms with van der Waals surface area (Å²) in [5, 5.41) is 58.4. The molecule has 0 bridgehead atoms.